The number of rotatable bonds is 6. The van der Waals surface area contributed by atoms with Crippen molar-refractivity contribution in [3.8, 4) is 0 Å². The predicted octanol–water partition coefficient (Wildman–Crippen LogP) is -0.610. The van der Waals surface area contributed by atoms with E-state index in [1.807, 2.05) is 0 Å². The summed E-state index contributed by atoms with van der Waals surface area (Å²) in [6.07, 6.45) is 1.47. The Morgan fingerprint density at radius 1 is 1.42 bits per heavy atom. The first-order valence-electron chi connectivity index (χ1n) is 3.41. The van der Waals surface area contributed by atoms with Crippen molar-refractivity contribution in [2.24, 2.45) is 4.99 Å². The number of hydrogen-bond donors (Lipinski definition) is 0. The quantitative estimate of drug-likeness (QED) is 0.319. The maximum Gasteiger partial charge on any atom is 0.349 e. The minimum absolute atomic E-state index is 0.317. The van der Waals surface area contributed by atoms with Gasteiger partial charge in [0.15, 0.2) is 0 Å². The molecule has 0 N–H and O–H groups in total. The van der Waals surface area contributed by atoms with Crippen LogP contribution in [0.3, 0.4) is 0 Å². The highest BCUT2D eigenvalue weighted by Gasteiger charge is 2.23. The van der Waals surface area contributed by atoms with Gasteiger partial charge in [-0.1, -0.05) is 0 Å². The number of hydrogen-bond acceptors (Lipinski definition) is 5. The minimum Gasteiger partial charge on any atom is -0.399 e. The Kier molecular flexibility index (Phi) is 6.83. The fourth-order valence-corrected chi connectivity index (χ4v) is 2.18. The first-order chi connectivity index (χ1) is 5.79. The van der Waals surface area contributed by atoms with Crippen LogP contribution in [-0.4, -0.2) is 49.0 Å². The Morgan fingerprint density at radius 2 is 2.00 bits per heavy atom. The molecule has 1 unspecified atom stereocenters. The lowest BCUT2D eigenvalue weighted by molar-refractivity contribution is 0.176. The van der Waals surface area contributed by atoms with Crippen LogP contribution >= 0.6 is 0 Å². The van der Waals surface area contributed by atoms with Gasteiger partial charge in [-0.15, -0.1) is 0 Å². The fourth-order valence-electron chi connectivity index (χ4n) is 0.826. The Balaban J connectivity index is 4.14. The van der Waals surface area contributed by atoms with E-state index >= 15 is 0 Å². The zero-order chi connectivity index (χ0) is 9.40. The van der Waals surface area contributed by atoms with Crippen molar-refractivity contribution in [3.05, 3.63) is 0 Å². The van der Waals surface area contributed by atoms with Gasteiger partial charge in [-0.05, 0) is 0 Å². The second-order valence-corrected chi connectivity index (χ2v) is 4.53. The highest BCUT2D eigenvalue weighted by molar-refractivity contribution is 6.46. The van der Waals surface area contributed by atoms with Gasteiger partial charge >= 0.3 is 9.28 Å². The van der Waals surface area contributed by atoms with E-state index in [1.165, 1.54) is 27.4 Å². The van der Waals surface area contributed by atoms with Gasteiger partial charge in [0.25, 0.3) is 0 Å². The second kappa shape index (κ2) is 7.14. The monoisotopic (exact) mass is 191 g/mol. The maximum atomic E-state index is 9.99. The lowest BCUT2D eigenvalue weighted by Gasteiger charge is -2.16. The molecule has 0 heterocycles. The summed E-state index contributed by atoms with van der Waals surface area (Å²) in [6.45, 7) is 0.327. The first kappa shape index (κ1) is 11.5. The van der Waals surface area contributed by atoms with Crippen LogP contribution < -0.4 is 0 Å². The van der Waals surface area contributed by atoms with Crippen molar-refractivity contribution in [2.75, 3.05) is 27.9 Å². The summed E-state index contributed by atoms with van der Waals surface area (Å²) in [5.74, 6) is 0. The molecule has 0 saturated carbocycles. The highest BCUT2D eigenvalue weighted by atomic mass is 28.3. The lowest BCUT2D eigenvalue weighted by Crippen LogP contribution is -2.37. The molecule has 0 spiro atoms. The first-order valence-corrected chi connectivity index (χ1v) is 5.02. The van der Waals surface area contributed by atoms with E-state index in [1.54, 1.807) is 0 Å². The molecule has 0 saturated heterocycles. The molecule has 12 heavy (non-hydrogen) atoms. The van der Waals surface area contributed by atoms with E-state index in [9.17, 15) is 4.79 Å². The van der Waals surface area contributed by atoms with E-state index in [-0.39, 0.29) is 5.67 Å². The largest absolute Gasteiger partial charge is 0.399 e. The molecule has 0 rings (SSSR count). The molecule has 0 bridgehead atoms. The standard InChI is InChI=1S/C6H13NO4Si/c1-9-4-6(7-5-8)12(10-2)11-3/h6,12H,4H2,1-3H3. The summed E-state index contributed by atoms with van der Waals surface area (Å²) in [4.78, 5) is 13.5. The third kappa shape index (κ3) is 3.75. The van der Waals surface area contributed by atoms with E-state index in [0.717, 1.165) is 0 Å². The van der Waals surface area contributed by atoms with Gasteiger partial charge in [-0.2, -0.15) is 4.99 Å². The van der Waals surface area contributed by atoms with Crippen molar-refractivity contribution in [1.29, 1.82) is 0 Å². The van der Waals surface area contributed by atoms with Crippen molar-refractivity contribution >= 4 is 15.4 Å². The van der Waals surface area contributed by atoms with Crippen molar-refractivity contribution in [2.45, 2.75) is 5.67 Å². The van der Waals surface area contributed by atoms with Crippen LogP contribution in [0.5, 0.6) is 0 Å². The smallest absolute Gasteiger partial charge is 0.349 e. The second-order valence-electron chi connectivity index (χ2n) is 2.08. The van der Waals surface area contributed by atoms with Crippen LogP contribution in [0, 0.1) is 0 Å². The SMILES string of the molecule is COCC(N=C=O)[SiH](OC)OC. The van der Waals surface area contributed by atoms with Gasteiger partial charge in [0.2, 0.25) is 6.08 Å². The molecule has 0 aliphatic rings. The van der Waals surface area contributed by atoms with Crippen molar-refractivity contribution < 1.29 is 18.4 Å². The van der Waals surface area contributed by atoms with Gasteiger partial charge in [-0.3, -0.25) is 0 Å². The number of carbonyl (C=O) groups excluding carboxylic acids is 1. The molecule has 6 heteroatoms. The molecular weight excluding hydrogens is 178 g/mol. The fraction of sp³-hybridized carbons (Fsp3) is 0.833. The van der Waals surface area contributed by atoms with Crippen LogP contribution in [0.4, 0.5) is 0 Å². The van der Waals surface area contributed by atoms with E-state index in [2.05, 4.69) is 4.99 Å². The molecule has 0 aromatic rings. The van der Waals surface area contributed by atoms with Gasteiger partial charge in [-0.25, -0.2) is 4.79 Å². The third-order valence-corrected chi connectivity index (χ3v) is 3.23. The molecule has 0 fully saturated rings. The molecule has 0 radical (unpaired) electrons. The van der Waals surface area contributed by atoms with Gasteiger partial charge < -0.3 is 13.6 Å². The van der Waals surface area contributed by atoms with Crippen LogP contribution in [-0.2, 0) is 18.4 Å². The molecule has 0 aromatic carbocycles. The zero-order valence-corrected chi connectivity index (χ0v) is 8.60. The number of aliphatic imine (C=N–C) groups is 1. The summed E-state index contributed by atoms with van der Waals surface area (Å²) in [7, 11) is 2.70. The average Bonchev–Trinajstić information content (AvgIpc) is 2.07. The van der Waals surface area contributed by atoms with Crippen LogP contribution in [0.1, 0.15) is 0 Å². The summed E-state index contributed by atoms with van der Waals surface area (Å²) >= 11 is 0. The van der Waals surface area contributed by atoms with Crippen LogP contribution in [0.25, 0.3) is 0 Å². The average molecular weight is 191 g/mol. The summed E-state index contributed by atoms with van der Waals surface area (Å²) in [5, 5.41) is 0. The van der Waals surface area contributed by atoms with Crippen LogP contribution in [0.15, 0.2) is 4.99 Å². The summed E-state index contributed by atoms with van der Waals surface area (Å²) < 4.78 is 14.9. The molecular formula is C6H13NO4Si. The topological polar surface area (TPSA) is 57.1 Å². The number of ether oxygens (including phenoxy) is 1. The predicted molar refractivity (Wildman–Crippen MR) is 45.0 cm³/mol. The Hall–Kier alpha value is -0.523. The van der Waals surface area contributed by atoms with E-state index in [0.29, 0.717) is 6.61 Å². The molecule has 0 amide bonds. The molecule has 5 nitrogen and oxygen atoms in total. The summed E-state index contributed by atoms with van der Waals surface area (Å²) in [6, 6.07) is 0. The van der Waals surface area contributed by atoms with Crippen LogP contribution in [0.2, 0.25) is 0 Å². The molecule has 0 aliphatic heterocycles. The molecule has 70 valence electrons. The molecule has 0 aliphatic carbocycles. The van der Waals surface area contributed by atoms with Crippen molar-refractivity contribution in [3.63, 3.8) is 0 Å². The Labute approximate surface area is 73.2 Å². The molecule has 1 atom stereocenters. The molecule has 0 aromatic heterocycles. The normalized spacial score (nSPS) is 12.7. The number of nitrogens with zero attached hydrogens (tertiary/aromatic N) is 1. The number of isocyanates is 1. The van der Waals surface area contributed by atoms with E-state index < -0.39 is 9.28 Å². The van der Waals surface area contributed by atoms with Gasteiger partial charge in [0.1, 0.15) is 5.67 Å². The lowest BCUT2D eigenvalue weighted by atomic mass is 10.7. The van der Waals surface area contributed by atoms with Gasteiger partial charge in [0, 0.05) is 21.3 Å². The Morgan fingerprint density at radius 3 is 2.33 bits per heavy atom. The minimum atomic E-state index is -1.90. The van der Waals surface area contributed by atoms with E-state index in [4.69, 9.17) is 13.6 Å². The Bertz CT molecular complexity index is 156. The van der Waals surface area contributed by atoms with Gasteiger partial charge in [0.05, 0.1) is 6.61 Å². The summed E-state index contributed by atoms with van der Waals surface area (Å²) in [5.41, 5.74) is -0.317. The third-order valence-electron chi connectivity index (χ3n) is 1.33. The van der Waals surface area contributed by atoms with Crippen molar-refractivity contribution in [1.82, 2.24) is 0 Å². The highest BCUT2D eigenvalue weighted by Crippen LogP contribution is 1.99. The number of methoxy groups -OCH3 is 1. The zero-order valence-electron chi connectivity index (χ0n) is 7.44. The maximum absolute atomic E-state index is 9.99.